The van der Waals surface area contributed by atoms with Gasteiger partial charge in [0.25, 0.3) is 0 Å². The number of imidazole rings is 1. The molecule has 2 N–H and O–H groups in total. The maximum absolute atomic E-state index is 12.4. The molecule has 158 valence electrons. The molecule has 1 aromatic carbocycles. The van der Waals surface area contributed by atoms with Crippen LogP contribution in [0.15, 0.2) is 35.1 Å². The van der Waals surface area contributed by atoms with E-state index in [0.29, 0.717) is 24.6 Å². The molecule has 0 unspecified atom stereocenters. The van der Waals surface area contributed by atoms with Gasteiger partial charge in [0.15, 0.2) is 5.65 Å². The highest BCUT2D eigenvalue weighted by Crippen LogP contribution is 2.17. The number of aryl methyl sites for hydroxylation is 4. The zero-order valence-corrected chi connectivity index (χ0v) is 17.8. The van der Waals surface area contributed by atoms with Crippen molar-refractivity contribution in [3.8, 4) is 0 Å². The lowest BCUT2D eigenvalue weighted by Gasteiger charge is -2.09. The predicted octanol–water partition coefficient (Wildman–Crippen LogP) is 3.21. The van der Waals surface area contributed by atoms with Gasteiger partial charge in [-0.1, -0.05) is 17.7 Å². The van der Waals surface area contributed by atoms with Gasteiger partial charge in [-0.05, 0) is 51.5 Å². The average Bonchev–Trinajstić information content (AvgIpc) is 2.98. The highest BCUT2D eigenvalue weighted by molar-refractivity contribution is 5.97. The van der Waals surface area contributed by atoms with E-state index in [0.717, 1.165) is 22.3 Å². The molecule has 0 spiro atoms. The number of hydrogen-bond donors (Lipinski definition) is 2. The molecule has 8 heteroatoms. The first-order chi connectivity index (χ1) is 14.3. The first-order valence-electron chi connectivity index (χ1n) is 10.1. The molecule has 8 nitrogen and oxygen atoms in total. The molecule has 0 radical (unpaired) electrons. The molecular weight excluding hydrogens is 382 g/mol. The standard InChI is InChI=1S/C22H27N5O3/c1-5-26-17-9-10-18(25-21(17)27(6-2)22(26)30)24-20(29)12-11-19(28)23-16-8-7-14(3)13-15(16)4/h7-10,13H,5-6,11-12H2,1-4H3,(H,23,28)(H,24,25,29). The van der Waals surface area contributed by atoms with Crippen LogP contribution in [0.25, 0.3) is 11.2 Å². The number of pyridine rings is 1. The summed E-state index contributed by atoms with van der Waals surface area (Å²) in [5.41, 5.74) is 4.00. The van der Waals surface area contributed by atoms with Gasteiger partial charge in [0.1, 0.15) is 5.82 Å². The third-order valence-electron chi connectivity index (χ3n) is 5.00. The van der Waals surface area contributed by atoms with Crippen molar-refractivity contribution < 1.29 is 9.59 Å². The Labute approximate surface area is 174 Å². The van der Waals surface area contributed by atoms with E-state index in [1.165, 1.54) is 0 Å². The Bertz CT molecular complexity index is 1160. The number of aromatic nitrogens is 3. The molecule has 2 amide bonds. The van der Waals surface area contributed by atoms with Crippen molar-refractivity contribution in [2.75, 3.05) is 10.6 Å². The van der Waals surface area contributed by atoms with Gasteiger partial charge in [0, 0.05) is 31.6 Å². The lowest BCUT2D eigenvalue weighted by Crippen LogP contribution is -2.23. The number of benzene rings is 1. The van der Waals surface area contributed by atoms with Gasteiger partial charge in [-0.15, -0.1) is 0 Å². The first kappa shape index (κ1) is 21.3. The lowest BCUT2D eigenvalue weighted by molar-refractivity contribution is -0.121. The van der Waals surface area contributed by atoms with Gasteiger partial charge in [0.05, 0.1) is 5.52 Å². The number of anilines is 2. The molecule has 3 aromatic rings. The van der Waals surface area contributed by atoms with Gasteiger partial charge < -0.3 is 10.6 Å². The molecule has 3 rings (SSSR count). The Morgan fingerprint density at radius 3 is 2.23 bits per heavy atom. The number of carbonyl (C=O) groups excluding carboxylic acids is 2. The van der Waals surface area contributed by atoms with Crippen molar-refractivity contribution >= 4 is 34.5 Å². The minimum Gasteiger partial charge on any atom is -0.326 e. The zero-order valence-electron chi connectivity index (χ0n) is 17.8. The molecule has 0 atom stereocenters. The normalized spacial score (nSPS) is 10.9. The molecule has 2 heterocycles. The van der Waals surface area contributed by atoms with E-state index in [4.69, 9.17) is 0 Å². The topological polar surface area (TPSA) is 98.0 Å². The van der Waals surface area contributed by atoms with Crippen LogP contribution in [0.1, 0.15) is 37.8 Å². The largest absolute Gasteiger partial charge is 0.330 e. The van der Waals surface area contributed by atoms with Crippen molar-refractivity contribution in [1.29, 1.82) is 0 Å². The molecule has 0 saturated heterocycles. The quantitative estimate of drug-likeness (QED) is 0.626. The molecule has 0 aliphatic heterocycles. The smallest absolute Gasteiger partial charge is 0.326 e. The predicted molar refractivity (Wildman–Crippen MR) is 118 cm³/mol. The highest BCUT2D eigenvalue weighted by Gasteiger charge is 2.14. The van der Waals surface area contributed by atoms with E-state index < -0.39 is 0 Å². The molecular formula is C22H27N5O3. The van der Waals surface area contributed by atoms with Crippen LogP contribution >= 0.6 is 0 Å². The molecule has 0 bridgehead atoms. The number of fused-ring (bicyclic) bond motifs is 1. The van der Waals surface area contributed by atoms with Crippen molar-refractivity contribution in [3.63, 3.8) is 0 Å². The zero-order chi connectivity index (χ0) is 21.8. The summed E-state index contributed by atoms with van der Waals surface area (Å²) in [7, 11) is 0. The fourth-order valence-corrected chi connectivity index (χ4v) is 3.45. The number of hydrogen-bond acceptors (Lipinski definition) is 4. The second-order valence-corrected chi connectivity index (χ2v) is 7.23. The van der Waals surface area contributed by atoms with Crippen molar-refractivity contribution in [2.45, 2.75) is 53.6 Å². The molecule has 0 aliphatic rings. The van der Waals surface area contributed by atoms with Crippen LogP contribution in [0.2, 0.25) is 0 Å². The van der Waals surface area contributed by atoms with E-state index in [1.54, 1.807) is 21.3 Å². The fourth-order valence-electron chi connectivity index (χ4n) is 3.45. The summed E-state index contributed by atoms with van der Waals surface area (Å²) < 4.78 is 3.22. The van der Waals surface area contributed by atoms with Gasteiger partial charge >= 0.3 is 5.69 Å². The summed E-state index contributed by atoms with van der Waals surface area (Å²) in [6.07, 6.45) is 0.0975. The molecule has 0 fully saturated rings. The van der Waals surface area contributed by atoms with E-state index >= 15 is 0 Å². The second-order valence-electron chi connectivity index (χ2n) is 7.23. The monoisotopic (exact) mass is 409 g/mol. The van der Waals surface area contributed by atoms with Gasteiger partial charge in [-0.2, -0.15) is 0 Å². The van der Waals surface area contributed by atoms with Gasteiger partial charge in [-0.3, -0.25) is 18.7 Å². The molecule has 0 saturated carbocycles. The van der Waals surface area contributed by atoms with Crippen molar-refractivity contribution in [2.24, 2.45) is 0 Å². The SMILES string of the molecule is CCn1c(=O)n(CC)c2nc(NC(=O)CCC(=O)Nc3ccc(C)cc3C)ccc21. The number of rotatable bonds is 7. The number of nitrogens with zero attached hydrogens (tertiary/aromatic N) is 3. The Balaban J connectivity index is 1.64. The van der Waals surface area contributed by atoms with E-state index in [1.807, 2.05) is 45.9 Å². The van der Waals surface area contributed by atoms with E-state index in [2.05, 4.69) is 15.6 Å². The van der Waals surface area contributed by atoms with Crippen molar-refractivity contribution in [1.82, 2.24) is 14.1 Å². The Kier molecular flexibility index (Phi) is 6.34. The van der Waals surface area contributed by atoms with Crippen LogP contribution in [0.3, 0.4) is 0 Å². The van der Waals surface area contributed by atoms with Crippen LogP contribution in [0.5, 0.6) is 0 Å². The highest BCUT2D eigenvalue weighted by atomic mass is 16.2. The van der Waals surface area contributed by atoms with E-state index in [-0.39, 0.29) is 30.3 Å². The summed E-state index contributed by atoms with van der Waals surface area (Å²) in [5, 5.41) is 5.55. The maximum atomic E-state index is 12.4. The molecule has 30 heavy (non-hydrogen) atoms. The lowest BCUT2D eigenvalue weighted by atomic mass is 10.1. The minimum atomic E-state index is -0.307. The van der Waals surface area contributed by atoms with E-state index in [9.17, 15) is 14.4 Å². The molecule has 0 aliphatic carbocycles. The van der Waals surface area contributed by atoms with Crippen LogP contribution < -0.4 is 16.3 Å². The summed E-state index contributed by atoms with van der Waals surface area (Å²) >= 11 is 0. The maximum Gasteiger partial charge on any atom is 0.330 e. The second kappa shape index (κ2) is 8.94. The van der Waals surface area contributed by atoms with Crippen molar-refractivity contribution in [3.05, 3.63) is 51.9 Å². The number of nitrogens with one attached hydrogen (secondary N) is 2. The summed E-state index contributed by atoms with van der Waals surface area (Å²) in [6.45, 7) is 8.74. The third kappa shape index (κ3) is 4.42. The minimum absolute atomic E-state index is 0.0347. The fraction of sp³-hybridized carbons (Fsp3) is 0.364. The van der Waals surface area contributed by atoms with Crippen LogP contribution in [-0.2, 0) is 22.7 Å². The van der Waals surface area contributed by atoms with Crippen LogP contribution in [0, 0.1) is 13.8 Å². The molecule has 2 aromatic heterocycles. The van der Waals surface area contributed by atoms with Gasteiger partial charge in [0.2, 0.25) is 11.8 Å². The Morgan fingerprint density at radius 1 is 0.933 bits per heavy atom. The Hall–Kier alpha value is -3.42. The van der Waals surface area contributed by atoms with Crippen LogP contribution in [-0.4, -0.2) is 25.9 Å². The average molecular weight is 409 g/mol. The summed E-state index contributed by atoms with van der Waals surface area (Å²) in [5.74, 6) is -0.170. The number of amides is 2. The number of carbonyl (C=O) groups is 2. The van der Waals surface area contributed by atoms with Crippen LogP contribution in [0.4, 0.5) is 11.5 Å². The summed E-state index contributed by atoms with van der Waals surface area (Å²) in [6, 6.07) is 9.23. The first-order valence-corrected chi connectivity index (χ1v) is 10.1. The third-order valence-corrected chi connectivity index (χ3v) is 5.00. The summed E-state index contributed by atoms with van der Waals surface area (Å²) in [4.78, 5) is 41.3. The Morgan fingerprint density at radius 2 is 1.60 bits per heavy atom. The van der Waals surface area contributed by atoms with Gasteiger partial charge in [-0.25, -0.2) is 9.78 Å².